The van der Waals surface area contributed by atoms with Gasteiger partial charge in [-0.2, -0.15) is 0 Å². The first-order valence-electron chi connectivity index (χ1n) is 6.25. The molecule has 7 heteroatoms. The van der Waals surface area contributed by atoms with Crippen LogP contribution in [0.3, 0.4) is 0 Å². The quantitative estimate of drug-likeness (QED) is 0.479. The summed E-state index contributed by atoms with van der Waals surface area (Å²) in [6, 6.07) is 4.31. The van der Waals surface area contributed by atoms with E-state index in [1.807, 2.05) is 0 Å². The molecule has 2 rings (SSSR count). The van der Waals surface area contributed by atoms with E-state index in [-0.39, 0.29) is 17.7 Å². The lowest BCUT2D eigenvalue weighted by Gasteiger charge is -2.32. The Labute approximate surface area is 125 Å². The Bertz CT molecular complexity index is 535. The average molecular weight is 343 g/mol. The number of benzene rings is 1. The smallest absolute Gasteiger partial charge is 0.269 e. The van der Waals surface area contributed by atoms with Gasteiger partial charge in [-0.1, -0.05) is 15.9 Å². The highest BCUT2D eigenvalue weighted by Gasteiger charge is 2.25. The lowest BCUT2D eigenvalue weighted by Crippen LogP contribution is -2.46. The molecule has 1 amide bonds. The van der Waals surface area contributed by atoms with Crippen molar-refractivity contribution < 1.29 is 14.5 Å². The number of carbonyl (C=O) groups is 1. The molecular weight excluding hydrogens is 328 g/mol. The van der Waals surface area contributed by atoms with Gasteiger partial charge in [0.05, 0.1) is 17.6 Å². The van der Waals surface area contributed by atoms with E-state index < -0.39 is 4.92 Å². The summed E-state index contributed by atoms with van der Waals surface area (Å²) in [6.07, 6.45) is -0.00828. The predicted octanol–water partition coefficient (Wildman–Crippen LogP) is 2.14. The fourth-order valence-electron chi connectivity index (χ4n) is 2.17. The Morgan fingerprint density at radius 3 is 2.95 bits per heavy atom. The summed E-state index contributed by atoms with van der Waals surface area (Å²) in [5.74, 6) is -0.105. The van der Waals surface area contributed by atoms with Crippen molar-refractivity contribution in [3.8, 4) is 0 Å². The van der Waals surface area contributed by atoms with E-state index in [2.05, 4.69) is 15.9 Å². The second-order valence-corrected chi connectivity index (χ2v) is 5.30. The largest absolute Gasteiger partial charge is 0.374 e. The molecule has 20 heavy (non-hydrogen) atoms. The van der Waals surface area contributed by atoms with Gasteiger partial charge in [-0.3, -0.25) is 14.9 Å². The van der Waals surface area contributed by atoms with Crippen LogP contribution in [-0.2, 0) is 4.74 Å². The molecule has 1 aromatic rings. The van der Waals surface area contributed by atoms with Crippen LogP contribution in [-0.4, -0.2) is 46.9 Å². The van der Waals surface area contributed by atoms with Gasteiger partial charge in [0.15, 0.2) is 0 Å². The first kappa shape index (κ1) is 14.9. The maximum Gasteiger partial charge on any atom is 0.269 e. The Hall–Kier alpha value is -1.47. The zero-order valence-electron chi connectivity index (χ0n) is 11.0. The van der Waals surface area contributed by atoms with Gasteiger partial charge in [0.25, 0.3) is 11.6 Å². The summed E-state index contributed by atoms with van der Waals surface area (Å²) >= 11 is 3.35. The van der Waals surface area contributed by atoms with Crippen LogP contribution in [0.1, 0.15) is 15.9 Å². The highest BCUT2D eigenvalue weighted by atomic mass is 79.9. The van der Waals surface area contributed by atoms with Crippen LogP contribution in [0.15, 0.2) is 18.2 Å². The van der Waals surface area contributed by atoms with Gasteiger partial charge < -0.3 is 9.64 Å². The molecule has 0 bridgehead atoms. The number of non-ortho nitro benzene ring substituents is 1. The molecule has 0 N–H and O–H groups in total. The predicted molar refractivity (Wildman–Crippen MR) is 77.3 cm³/mol. The molecule has 0 aliphatic carbocycles. The van der Waals surface area contributed by atoms with Crippen molar-refractivity contribution in [1.29, 1.82) is 0 Å². The molecule has 0 aromatic heterocycles. The maximum atomic E-state index is 12.4. The molecule has 1 fully saturated rings. The monoisotopic (exact) mass is 342 g/mol. The minimum Gasteiger partial charge on any atom is -0.374 e. The second kappa shape index (κ2) is 6.32. The number of carbonyl (C=O) groups excluding carboxylic acids is 1. The Morgan fingerprint density at radius 2 is 2.35 bits per heavy atom. The molecule has 6 nitrogen and oxygen atoms in total. The van der Waals surface area contributed by atoms with Crippen LogP contribution in [0, 0.1) is 17.0 Å². The van der Waals surface area contributed by atoms with E-state index >= 15 is 0 Å². The molecule has 1 saturated heterocycles. The molecule has 1 aromatic carbocycles. The van der Waals surface area contributed by atoms with Gasteiger partial charge in [0.1, 0.15) is 0 Å². The number of halogens is 1. The minimum atomic E-state index is -0.461. The number of hydrogen-bond donors (Lipinski definition) is 0. The highest BCUT2D eigenvalue weighted by molar-refractivity contribution is 9.09. The van der Waals surface area contributed by atoms with Crippen LogP contribution in [0.5, 0.6) is 0 Å². The van der Waals surface area contributed by atoms with E-state index in [1.54, 1.807) is 11.8 Å². The van der Waals surface area contributed by atoms with Crippen molar-refractivity contribution in [2.45, 2.75) is 13.0 Å². The van der Waals surface area contributed by atoms with Gasteiger partial charge in [-0.25, -0.2) is 0 Å². The first-order chi connectivity index (χ1) is 9.52. The van der Waals surface area contributed by atoms with Crippen LogP contribution >= 0.6 is 15.9 Å². The molecule has 108 valence electrons. The van der Waals surface area contributed by atoms with E-state index in [9.17, 15) is 14.9 Å². The number of ether oxygens (including phenoxy) is 1. The summed E-state index contributed by atoms with van der Waals surface area (Å²) in [6.45, 7) is 3.29. The number of nitro benzene ring substituents is 1. The summed E-state index contributed by atoms with van der Waals surface area (Å²) in [5, 5.41) is 11.4. The van der Waals surface area contributed by atoms with E-state index in [4.69, 9.17) is 4.74 Å². The topological polar surface area (TPSA) is 72.7 Å². The summed E-state index contributed by atoms with van der Waals surface area (Å²) in [4.78, 5) is 24.4. The van der Waals surface area contributed by atoms with E-state index in [0.717, 1.165) is 0 Å². The fourth-order valence-corrected chi connectivity index (χ4v) is 2.56. The fraction of sp³-hybridized carbons (Fsp3) is 0.462. The number of morpholine rings is 1. The van der Waals surface area contributed by atoms with Crippen molar-refractivity contribution in [1.82, 2.24) is 4.90 Å². The minimum absolute atomic E-state index is 0.000591. The van der Waals surface area contributed by atoms with Gasteiger partial charge in [0.2, 0.25) is 0 Å². The Kier molecular flexibility index (Phi) is 4.72. The summed E-state index contributed by atoms with van der Waals surface area (Å²) < 4.78 is 5.49. The molecule has 1 unspecified atom stereocenters. The Morgan fingerprint density at radius 1 is 1.60 bits per heavy atom. The molecule has 1 aliphatic rings. The van der Waals surface area contributed by atoms with Crippen molar-refractivity contribution in [2.75, 3.05) is 25.0 Å². The van der Waals surface area contributed by atoms with Crippen LogP contribution in [0.25, 0.3) is 0 Å². The van der Waals surface area contributed by atoms with Crippen molar-refractivity contribution in [3.63, 3.8) is 0 Å². The number of amides is 1. The van der Waals surface area contributed by atoms with Crippen molar-refractivity contribution >= 4 is 27.5 Å². The third kappa shape index (κ3) is 3.16. The number of nitro groups is 1. The van der Waals surface area contributed by atoms with Crippen LogP contribution in [0.4, 0.5) is 5.69 Å². The third-order valence-corrected chi connectivity index (χ3v) is 3.97. The zero-order chi connectivity index (χ0) is 14.7. The first-order valence-corrected chi connectivity index (χ1v) is 7.37. The summed E-state index contributed by atoms with van der Waals surface area (Å²) in [5.41, 5.74) is 1.12. The molecule has 0 saturated carbocycles. The van der Waals surface area contributed by atoms with Crippen molar-refractivity contribution in [3.05, 3.63) is 39.4 Å². The van der Waals surface area contributed by atoms with Gasteiger partial charge >= 0.3 is 0 Å². The molecule has 1 atom stereocenters. The van der Waals surface area contributed by atoms with Crippen LogP contribution < -0.4 is 0 Å². The summed E-state index contributed by atoms with van der Waals surface area (Å²) in [7, 11) is 0. The standard InChI is InChI=1S/C13H15BrN2O4/c1-9-6-10(16(18)19)2-3-12(9)13(17)15-4-5-20-11(7-14)8-15/h2-3,6,11H,4-5,7-8H2,1H3. The lowest BCUT2D eigenvalue weighted by atomic mass is 10.1. The number of nitrogens with zero attached hydrogens (tertiary/aromatic N) is 2. The second-order valence-electron chi connectivity index (χ2n) is 4.65. The lowest BCUT2D eigenvalue weighted by molar-refractivity contribution is -0.384. The maximum absolute atomic E-state index is 12.4. The normalized spacial score (nSPS) is 18.9. The molecular formula is C13H15BrN2O4. The number of hydrogen-bond acceptors (Lipinski definition) is 4. The average Bonchev–Trinajstić information content (AvgIpc) is 2.46. The third-order valence-electron chi connectivity index (χ3n) is 3.25. The molecule has 0 spiro atoms. The van der Waals surface area contributed by atoms with E-state index in [0.29, 0.717) is 36.2 Å². The SMILES string of the molecule is Cc1cc([N+](=O)[O-])ccc1C(=O)N1CCOC(CBr)C1. The number of aryl methyl sites for hydroxylation is 1. The molecule has 1 aliphatic heterocycles. The van der Waals surface area contributed by atoms with Gasteiger partial charge in [-0.05, 0) is 18.6 Å². The van der Waals surface area contributed by atoms with E-state index in [1.165, 1.54) is 18.2 Å². The zero-order valence-corrected chi connectivity index (χ0v) is 12.6. The van der Waals surface area contributed by atoms with Crippen molar-refractivity contribution in [2.24, 2.45) is 0 Å². The van der Waals surface area contributed by atoms with Crippen LogP contribution in [0.2, 0.25) is 0 Å². The number of alkyl halides is 1. The molecule has 1 heterocycles. The van der Waals surface area contributed by atoms with Gasteiger partial charge in [-0.15, -0.1) is 0 Å². The Balaban J connectivity index is 2.18. The molecule has 0 radical (unpaired) electrons. The number of rotatable bonds is 3. The highest BCUT2D eigenvalue weighted by Crippen LogP contribution is 2.20. The van der Waals surface area contributed by atoms with Gasteiger partial charge in [0, 0.05) is 36.1 Å².